The highest BCUT2D eigenvalue weighted by atomic mass is 16.5. The minimum atomic E-state index is 0.426. The summed E-state index contributed by atoms with van der Waals surface area (Å²) in [5.74, 6) is 0.978. The molecule has 0 spiro atoms. The van der Waals surface area contributed by atoms with Gasteiger partial charge in [0.05, 0.1) is 6.10 Å². The molecule has 0 aromatic carbocycles. The number of hydrogen-bond acceptors (Lipinski definition) is 2. The zero-order valence-electron chi connectivity index (χ0n) is 9.72. The molecule has 2 nitrogen and oxygen atoms in total. The second-order valence-electron chi connectivity index (χ2n) is 4.29. The third kappa shape index (κ3) is 4.43. The van der Waals surface area contributed by atoms with Gasteiger partial charge in [0, 0.05) is 13.2 Å². The van der Waals surface area contributed by atoms with Gasteiger partial charge in [0.2, 0.25) is 0 Å². The van der Waals surface area contributed by atoms with Crippen LogP contribution in [-0.2, 0) is 4.74 Å². The maximum atomic E-state index is 5.84. The fourth-order valence-electron chi connectivity index (χ4n) is 1.81. The van der Waals surface area contributed by atoms with E-state index in [0.29, 0.717) is 6.10 Å². The lowest BCUT2D eigenvalue weighted by molar-refractivity contribution is 0.0363. The summed E-state index contributed by atoms with van der Waals surface area (Å²) in [6.45, 7) is 7.36. The van der Waals surface area contributed by atoms with Gasteiger partial charge in [0.25, 0.3) is 0 Å². The molecule has 0 aromatic heterocycles. The van der Waals surface area contributed by atoms with Crippen molar-refractivity contribution in [3.05, 3.63) is 0 Å². The molecule has 1 saturated carbocycles. The lowest BCUT2D eigenvalue weighted by atomic mass is 9.83. The Morgan fingerprint density at radius 2 is 2.14 bits per heavy atom. The van der Waals surface area contributed by atoms with Crippen LogP contribution in [0.2, 0.25) is 0 Å². The Morgan fingerprint density at radius 3 is 2.64 bits per heavy atom. The molecule has 1 fully saturated rings. The smallest absolute Gasteiger partial charge is 0.0696 e. The van der Waals surface area contributed by atoms with Crippen LogP contribution in [0.4, 0.5) is 0 Å². The van der Waals surface area contributed by atoms with Crippen LogP contribution in [0.3, 0.4) is 0 Å². The maximum Gasteiger partial charge on any atom is 0.0696 e. The summed E-state index contributed by atoms with van der Waals surface area (Å²) in [4.78, 5) is 0. The number of rotatable bonds is 8. The molecule has 0 saturated heterocycles. The lowest BCUT2D eigenvalue weighted by Gasteiger charge is -2.26. The highest BCUT2D eigenvalue weighted by Crippen LogP contribution is 2.29. The van der Waals surface area contributed by atoms with Gasteiger partial charge in [-0.1, -0.05) is 33.1 Å². The molecule has 0 radical (unpaired) electrons. The van der Waals surface area contributed by atoms with Crippen molar-refractivity contribution >= 4 is 0 Å². The van der Waals surface area contributed by atoms with Crippen LogP contribution in [0.25, 0.3) is 0 Å². The van der Waals surface area contributed by atoms with E-state index in [0.717, 1.165) is 32.0 Å². The van der Waals surface area contributed by atoms with Gasteiger partial charge in [-0.05, 0) is 25.3 Å². The van der Waals surface area contributed by atoms with Gasteiger partial charge in [-0.15, -0.1) is 0 Å². The molecule has 1 unspecified atom stereocenters. The topological polar surface area (TPSA) is 21.3 Å². The molecule has 1 N–H and O–H groups in total. The van der Waals surface area contributed by atoms with Gasteiger partial charge in [0.15, 0.2) is 0 Å². The van der Waals surface area contributed by atoms with Crippen LogP contribution in [0.1, 0.15) is 46.0 Å². The van der Waals surface area contributed by atoms with Crippen LogP contribution < -0.4 is 5.32 Å². The van der Waals surface area contributed by atoms with Crippen LogP contribution in [0.5, 0.6) is 0 Å². The molecule has 1 rings (SSSR count). The van der Waals surface area contributed by atoms with Gasteiger partial charge in [0.1, 0.15) is 0 Å². The zero-order chi connectivity index (χ0) is 10.2. The molecule has 0 aliphatic heterocycles. The number of hydrogen-bond donors (Lipinski definition) is 1. The van der Waals surface area contributed by atoms with Crippen molar-refractivity contribution in [1.82, 2.24) is 5.32 Å². The third-order valence-corrected chi connectivity index (χ3v) is 3.18. The van der Waals surface area contributed by atoms with E-state index in [2.05, 4.69) is 19.2 Å². The monoisotopic (exact) mass is 199 g/mol. The summed E-state index contributed by atoms with van der Waals surface area (Å²) >= 11 is 0. The number of likely N-dealkylation sites (N-methyl/N-ethyl adjacent to an activating group) is 1. The molecular weight excluding hydrogens is 174 g/mol. The summed E-state index contributed by atoms with van der Waals surface area (Å²) in [5, 5.41) is 3.34. The van der Waals surface area contributed by atoms with Gasteiger partial charge in [-0.25, -0.2) is 0 Å². The number of nitrogens with one attached hydrogen (secondary N) is 1. The molecule has 2 heteroatoms. The van der Waals surface area contributed by atoms with Crippen LogP contribution in [-0.4, -0.2) is 25.8 Å². The van der Waals surface area contributed by atoms with Gasteiger partial charge >= 0.3 is 0 Å². The predicted molar refractivity (Wildman–Crippen MR) is 60.5 cm³/mol. The summed E-state index contributed by atoms with van der Waals surface area (Å²) in [7, 11) is 0. The summed E-state index contributed by atoms with van der Waals surface area (Å²) in [6, 6.07) is 0. The van der Waals surface area contributed by atoms with E-state index in [1.807, 2.05) is 0 Å². The zero-order valence-corrected chi connectivity index (χ0v) is 9.72. The molecule has 1 atom stereocenters. The highest BCUT2D eigenvalue weighted by Gasteiger charge is 2.17. The lowest BCUT2D eigenvalue weighted by Crippen LogP contribution is -2.29. The summed E-state index contributed by atoms with van der Waals surface area (Å²) < 4.78 is 5.84. The van der Waals surface area contributed by atoms with E-state index < -0.39 is 0 Å². The molecule has 0 amide bonds. The molecule has 14 heavy (non-hydrogen) atoms. The van der Waals surface area contributed by atoms with Gasteiger partial charge < -0.3 is 10.1 Å². The van der Waals surface area contributed by atoms with Crippen molar-refractivity contribution in [1.29, 1.82) is 0 Å². The van der Waals surface area contributed by atoms with Crippen LogP contribution in [0.15, 0.2) is 0 Å². The molecule has 0 aromatic rings. The Morgan fingerprint density at radius 1 is 1.36 bits per heavy atom. The van der Waals surface area contributed by atoms with Gasteiger partial charge in [-0.3, -0.25) is 0 Å². The number of ether oxygens (including phenoxy) is 1. The van der Waals surface area contributed by atoms with Crippen molar-refractivity contribution < 1.29 is 4.74 Å². The first kappa shape index (κ1) is 12.0. The molecule has 84 valence electrons. The third-order valence-electron chi connectivity index (χ3n) is 3.18. The second-order valence-corrected chi connectivity index (χ2v) is 4.29. The first-order valence-corrected chi connectivity index (χ1v) is 6.19. The first-order valence-electron chi connectivity index (χ1n) is 6.19. The Labute approximate surface area is 88.4 Å². The molecule has 0 heterocycles. The summed E-state index contributed by atoms with van der Waals surface area (Å²) in [5.41, 5.74) is 0. The largest absolute Gasteiger partial charge is 0.377 e. The Bertz CT molecular complexity index is 134. The molecule has 0 bridgehead atoms. The van der Waals surface area contributed by atoms with Crippen molar-refractivity contribution in [3.8, 4) is 0 Å². The maximum absolute atomic E-state index is 5.84. The average molecular weight is 199 g/mol. The molecular formula is C12H25NO. The summed E-state index contributed by atoms with van der Waals surface area (Å²) in [6.07, 6.45) is 7.15. The van der Waals surface area contributed by atoms with E-state index in [1.54, 1.807) is 0 Å². The average Bonchev–Trinajstić information content (AvgIpc) is 2.14. The second kappa shape index (κ2) is 7.24. The first-order chi connectivity index (χ1) is 6.86. The predicted octanol–water partition coefficient (Wildman–Crippen LogP) is 2.58. The Kier molecular flexibility index (Phi) is 6.20. The fraction of sp³-hybridized carbons (Fsp3) is 1.00. The van der Waals surface area contributed by atoms with Crippen molar-refractivity contribution in [2.24, 2.45) is 5.92 Å². The minimum absolute atomic E-state index is 0.426. The van der Waals surface area contributed by atoms with Crippen LogP contribution >= 0.6 is 0 Å². The standard InChI is InChI=1S/C12H25NO/c1-3-12(10-13-4-2)14-9-8-11-6-5-7-11/h11-13H,3-10H2,1-2H3. The van der Waals surface area contributed by atoms with Crippen molar-refractivity contribution in [2.45, 2.75) is 52.1 Å². The molecule has 1 aliphatic carbocycles. The van der Waals surface area contributed by atoms with Gasteiger partial charge in [-0.2, -0.15) is 0 Å². The van der Waals surface area contributed by atoms with E-state index in [1.165, 1.54) is 25.7 Å². The SMILES string of the molecule is CCNCC(CC)OCCC1CCC1. The molecule has 1 aliphatic rings. The minimum Gasteiger partial charge on any atom is -0.377 e. The van der Waals surface area contributed by atoms with E-state index in [4.69, 9.17) is 4.74 Å². The quantitative estimate of drug-likeness (QED) is 0.649. The van der Waals surface area contributed by atoms with E-state index >= 15 is 0 Å². The van der Waals surface area contributed by atoms with Crippen molar-refractivity contribution in [2.75, 3.05) is 19.7 Å². The highest BCUT2D eigenvalue weighted by molar-refractivity contribution is 4.69. The van der Waals surface area contributed by atoms with E-state index in [9.17, 15) is 0 Å². The Hall–Kier alpha value is -0.0800. The Balaban J connectivity index is 1.95. The van der Waals surface area contributed by atoms with Crippen LogP contribution in [0, 0.1) is 5.92 Å². The van der Waals surface area contributed by atoms with E-state index in [-0.39, 0.29) is 0 Å². The van der Waals surface area contributed by atoms with Crippen molar-refractivity contribution in [3.63, 3.8) is 0 Å². The fourth-order valence-corrected chi connectivity index (χ4v) is 1.81. The normalized spacial score (nSPS) is 19.3.